The van der Waals surface area contributed by atoms with Crippen LogP contribution >= 0.6 is 11.6 Å². The molecule has 2 heterocycles. The fourth-order valence-electron chi connectivity index (χ4n) is 3.60. The van der Waals surface area contributed by atoms with Crippen LogP contribution in [0.15, 0.2) is 12.3 Å². The molecular formula is C16H16ClN3O2. The standard InChI is InChI=1S/C16H16ClN3O2/c17-12-5-10-7(6-19-12)1-2-9-13(16(21)22)15(20-14(9)10)8-3-4-11(8)18/h5-6,8,11,20H,1-4,18H2,(H,21,22). The molecule has 0 bridgehead atoms. The number of aromatic carboxylic acids is 1. The van der Waals surface area contributed by atoms with Gasteiger partial charge < -0.3 is 15.8 Å². The summed E-state index contributed by atoms with van der Waals surface area (Å²) in [5.41, 5.74) is 11.0. The summed E-state index contributed by atoms with van der Waals surface area (Å²) < 4.78 is 0. The number of nitrogens with zero attached hydrogens (tertiary/aromatic N) is 1. The van der Waals surface area contributed by atoms with E-state index in [-0.39, 0.29) is 12.0 Å². The maximum atomic E-state index is 11.8. The quantitative estimate of drug-likeness (QED) is 0.743. The molecule has 0 saturated heterocycles. The van der Waals surface area contributed by atoms with Gasteiger partial charge in [-0.15, -0.1) is 0 Å². The second-order valence-electron chi connectivity index (χ2n) is 6.08. The number of carboxylic acids is 1. The summed E-state index contributed by atoms with van der Waals surface area (Å²) in [5.74, 6) is -0.771. The SMILES string of the molecule is NC1CCC1c1[nH]c2c(c1C(=O)O)CCc1cnc(Cl)cc1-2. The third-order valence-corrected chi connectivity index (χ3v) is 5.12. The molecule has 4 rings (SSSR count). The average molecular weight is 318 g/mol. The van der Waals surface area contributed by atoms with Gasteiger partial charge >= 0.3 is 5.97 Å². The van der Waals surface area contributed by atoms with Crippen LogP contribution < -0.4 is 5.73 Å². The minimum absolute atomic E-state index is 0.0405. The van der Waals surface area contributed by atoms with Crippen LogP contribution in [0.4, 0.5) is 0 Å². The first-order valence-electron chi connectivity index (χ1n) is 7.44. The second-order valence-corrected chi connectivity index (χ2v) is 6.47. The number of H-pyrrole nitrogens is 1. The van der Waals surface area contributed by atoms with Gasteiger partial charge in [0, 0.05) is 29.4 Å². The summed E-state index contributed by atoms with van der Waals surface area (Å²) in [6.07, 6.45) is 5.13. The maximum absolute atomic E-state index is 11.8. The Labute approximate surface area is 132 Å². The summed E-state index contributed by atoms with van der Waals surface area (Å²) in [4.78, 5) is 19.3. The van der Waals surface area contributed by atoms with E-state index in [2.05, 4.69) is 9.97 Å². The molecule has 2 atom stereocenters. The van der Waals surface area contributed by atoms with E-state index in [0.717, 1.165) is 47.3 Å². The number of aryl methyl sites for hydroxylation is 1. The van der Waals surface area contributed by atoms with E-state index >= 15 is 0 Å². The van der Waals surface area contributed by atoms with Crippen molar-refractivity contribution in [3.8, 4) is 11.3 Å². The van der Waals surface area contributed by atoms with Crippen molar-refractivity contribution in [2.75, 3.05) is 0 Å². The Morgan fingerprint density at radius 2 is 2.23 bits per heavy atom. The van der Waals surface area contributed by atoms with Gasteiger partial charge in [-0.25, -0.2) is 9.78 Å². The predicted octanol–water partition coefficient (Wildman–Crippen LogP) is 2.73. The number of aromatic amines is 1. The van der Waals surface area contributed by atoms with Crippen molar-refractivity contribution in [1.82, 2.24) is 9.97 Å². The van der Waals surface area contributed by atoms with Crippen LogP contribution in [0.25, 0.3) is 11.3 Å². The first kappa shape index (κ1) is 13.8. The highest BCUT2D eigenvalue weighted by molar-refractivity contribution is 6.29. The second kappa shape index (κ2) is 4.83. The Morgan fingerprint density at radius 1 is 1.41 bits per heavy atom. The van der Waals surface area contributed by atoms with Crippen molar-refractivity contribution in [2.24, 2.45) is 5.73 Å². The lowest BCUT2D eigenvalue weighted by atomic mass is 9.76. The molecule has 2 aliphatic rings. The molecule has 1 fully saturated rings. The molecule has 5 nitrogen and oxygen atoms in total. The smallest absolute Gasteiger partial charge is 0.337 e. The molecule has 114 valence electrons. The predicted molar refractivity (Wildman–Crippen MR) is 83.4 cm³/mol. The minimum atomic E-state index is -0.879. The molecule has 2 unspecified atom stereocenters. The lowest BCUT2D eigenvalue weighted by molar-refractivity contribution is 0.0693. The van der Waals surface area contributed by atoms with E-state index in [1.807, 2.05) is 6.07 Å². The van der Waals surface area contributed by atoms with E-state index < -0.39 is 5.97 Å². The van der Waals surface area contributed by atoms with Crippen molar-refractivity contribution in [3.05, 3.63) is 39.8 Å². The normalized spacial score (nSPS) is 22.6. The number of carbonyl (C=O) groups is 1. The van der Waals surface area contributed by atoms with Crippen LogP contribution in [-0.2, 0) is 12.8 Å². The van der Waals surface area contributed by atoms with Crippen molar-refractivity contribution in [3.63, 3.8) is 0 Å². The highest BCUT2D eigenvalue weighted by Crippen LogP contribution is 2.43. The zero-order valence-electron chi connectivity index (χ0n) is 11.9. The van der Waals surface area contributed by atoms with Crippen LogP contribution in [-0.4, -0.2) is 27.1 Å². The third kappa shape index (κ3) is 1.89. The molecule has 2 aromatic rings. The number of carboxylic acid groups (broad SMARTS) is 1. The van der Waals surface area contributed by atoms with Gasteiger partial charge in [-0.05, 0) is 42.9 Å². The van der Waals surface area contributed by atoms with Crippen molar-refractivity contribution in [1.29, 1.82) is 0 Å². The van der Waals surface area contributed by atoms with Crippen molar-refractivity contribution in [2.45, 2.75) is 37.6 Å². The molecule has 0 amide bonds. The molecule has 22 heavy (non-hydrogen) atoms. The van der Waals surface area contributed by atoms with Crippen LogP contribution in [0.3, 0.4) is 0 Å². The average Bonchev–Trinajstić information content (AvgIpc) is 2.84. The molecular weight excluding hydrogens is 302 g/mol. The minimum Gasteiger partial charge on any atom is -0.478 e. The Kier molecular flexibility index (Phi) is 3.03. The number of nitrogens with one attached hydrogen (secondary N) is 1. The van der Waals surface area contributed by atoms with Crippen LogP contribution in [0.5, 0.6) is 0 Å². The maximum Gasteiger partial charge on any atom is 0.337 e. The molecule has 2 aromatic heterocycles. The largest absolute Gasteiger partial charge is 0.478 e. The van der Waals surface area contributed by atoms with Gasteiger partial charge in [0.15, 0.2) is 0 Å². The van der Waals surface area contributed by atoms with Gasteiger partial charge in [-0.2, -0.15) is 0 Å². The Morgan fingerprint density at radius 3 is 2.86 bits per heavy atom. The number of fused-ring (bicyclic) bond motifs is 3. The molecule has 4 N–H and O–H groups in total. The lowest BCUT2D eigenvalue weighted by Gasteiger charge is -2.33. The molecule has 1 saturated carbocycles. The lowest BCUT2D eigenvalue weighted by Crippen LogP contribution is -2.38. The number of rotatable bonds is 2. The van der Waals surface area contributed by atoms with Crippen molar-refractivity contribution >= 4 is 17.6 Å². The Balaban J connectivity index is 1.93. The van der Waals surface area contributed by atoms with Gasteiger partial charge in [0.2, 0.25) is 0 Å². The molecule has 0 radical (unpaired) electrons. The zero-order chi connectivity index (χ0) is 15.4. The molecule has 0 spiro atoms. The summed E-state index contributed by atoms with van der Waals surface area (Å²) >= 11 is 6.02. The van der Waals surface area contributed by atoms with Gasteiger partial charge in [0.05, 0.1) is 11.3 Å². The van der Waals surface area contributed by atoms with E-state index in [0.29, 0.717) is 17.1 Å². The molecule has 6 heteroatoms. The fourth-order valence-corrected chi connectivity index (χ4v) is 3.75. The molecule has 0 aromatic carbocycles. The summed E-state index contributed by atoms with van der Waals surface area (Å²) in [6.45, 7) is 0. The molecule has 2 aliphatic carbocycles. The van der Waals surface area contributed by atoms with E-state index in [4.69, 9.17) is 17.3 Å². The summed E-state index contributed by atoms with van der Waals surface area (Å²) in [5, 5.41) is 10.1. The van der Waals surface area contributed by atoms with Crippen LogP contribution in [0.1, 0.15) is 45.9 Å². The first-order chi connectivity index (χ1) is 10.6. The van der Waals surface area contributed by atoms with Crippen LogP contribution in [0, 0.1) is 0 Å². The third-order valence-electron chi connectivity index (χ3n) is 4.91. The number of halogens is 1. The number of hydrogen-bond acceptors (Lipinski definition) is 3. The highest BCUT2D eigenvalue weighted by Gasteiger charge is 2.37. The summed E-state index contributed by atoms with van der Waals surface area (Å²) in [6, 6.07) is 1.85. The number of hydrogen-bond donors (Lipinski definition) is 3. The first-order valence-corrected chi connectivity index (χ1v) is 7.82. The van der Waals surface area contributed by atoms with E-state index in [1.165, 1.54) is 0 Å². The van der Waals surface area contributed by atoms with Gasteiger partial charge in [0.1, 0.15) is 5.15 Å². The van der Waals surface area contributed by atoms with Crippen molar-refractivity contribution < 1.29 is 9.90 Å². The van der Waals surface area contributed by atoms with Gasteiger partial charge in [0.25, 0.3) is 0 Å². The highest BCUT2D eigenvalue weighted by atomic mass is 35.5. The summed E-state index contributed by atoms with van der Waals surface area (Å²) in [7, 11) is 0. The monoisotopic (exact) mass is 317 g/mol. The zero-order valence-corrected chi connectivity index (χ0v) is 12.7. The Bertz CT molecular complexity index is 784. The van der Waals surface area contributed by atoms with E-state index in [1.54, 1.807) is 6.20 Å². The Hall–Kier alpha value is -1.85. The topological polar surface area (TPSA) is 92.0 Å². The fraction of sp³-hybridized carbons (Fsp3) is 0.375. The van der Waals surface area contributed by atoms with Gasteiger partial charge in [-0.3, -0.25) is 0 Å². The number of nitrogens with two attached hydrogens (primary N) is 1. The number of pyridine rings is 1. The van der Waals surface area contributed by atoms with Crippen LogP contribution in [0.2, 0.25) is 5.15 Å². The molecule has 0 aliphatic heterocycles. The van der Waals surface area contributed by atoms with E-state index in [9.17, 15) is 9.90 Å². The number of aromatic nitrogens is 2. The van der Waals surface area contributed by atoms with Gasteiger partial charge in [-0.1, -0.05) is 11.6 Å².